The molecular weight excluding hydrogens is 292 g/mol. The molecule has 4 fully saturated rings. The van der Waals surface area contributed by atoms with Gasteiger partial charge in [0.2, 0.25) is 0 Å². The van der Waals surface area contributed by atoms with Gasteiger partial charge in [0.1, 0.15) is 0 Å². The number of rotatable bonds is 1. The third kappa shape index (κ3) is 1.90. The maximum atomic E-state index is 11.8. The Bertz CT molecular complexity index is 614. The van der Waals surface area contributed by atoms with Gasteiger partial charge in [0.05, 0.1) is 0 Å². The van der Waals surface area contributed by atoms with Crippen LogP contribution in [0.5, 0.6) is 0 Å². The van der Waals surface area contributed by atoms with Gasteiger partial charge in [-0.25, -0.2) is 0 Å². The Morgan fingerprint density at radius 2 is 1.79 bits per heavy atom. The molecule has 0 spiro atoms. The van der Waals surface area contributed by atoms with Crippen molar-refractivity contribution in [3.05, 3.63) is 23.8 Å². The highest BCUT2D eigenvalue weighted by molar-refractivity contribution is 5.91. The van der Waals surface area contributed by atoms with Crippen molar-refractivity contribution in [2.45, 2.75) is 65.2 Å². The lowest BCUT2D eigenvalue weighted by molar-refractivity contribution is -0.116. The van der Waals surface area contributed by atoms with E-state index < -0.39 is 0 Å². The molecule has 0 bridgehead atoms. The fraction of sp³-hybridized carbons (Fsp3) is 0.783. The zero-order valence-corrected chi connectivity index (χ0v) is 15.3. The Balaban J connectivity index is 1.49. The summed E-state index contributed by atoms with van der Waals surface area (Å²) < 4.78 is 0. The molecule has 1 heteroatoms. The average molecular weight is 325 g/mol. The lowest BCUT2D eigenvalue weighted by Crippen LogP contribution is -2.47. The van der Waals surface area contributed by atoms with Gasteiger partial charge in [0.25, 0.3) is 0 Å². The summed E-state index contributed by atoms with van der Waals surface area (Å²) >= 11 is 0. The van der Waals surface area contributed by atoms with E-state index in [-0.39, 0.29) is 0 Å². The number of carbonyl (C=O) groups excluding carboxylic acids is 1. The van der Waals surface area contributed by atoms with Crippen LogP contribution in [0.15, 0.2) is 23.8 Å². The first-order chi connectivity index (χ1) is 11.6. The normalized spacial score (nSPS) is 52.8. The van der Waals surface area contributed by atoms with Gasteiger partial charge in [0, 0.05) is 6.42 Å². The smallest absolute Gasteiger partial charge is 0.155 e. The van der Waals surface area contributed by atoms with Crippen LogP contribution in [0.1, 0.15) is 65.2 Å². The van der Waals surface area contributed by atoms with Gasteiger partial charge in [-0.15, -0.1) is 0 Å². The van der Waals surface area contributed by atoms with Crippen LogP contribution < -0.4 is 0 Å². The molecule has 130 valence electrons. The number of allylic oxidation sites excluding steroid dienone is 3. The van der Waals surface area contributed by atoms with Crippen LogP contribution in [-0.4, -0.2) is 5.78 Å². The van der Waals surface area contributed by atoms with Crippen LogP contribution in [0.2, 0.25) is 0 Å². The van der Waals surface area contributed by atoms with E-state index in [0.29, 0.717) is 11.2 Å². The van der Waals surface area contributed by atoms with Crippen LogP contribution in [0.3, 0.4) is 0 Å². The van der Waals surface area contributed by atoms with Crippen molar-refractivity contribution in [2.75, 3.05) is 0 Å². The maximum Gasteiger partial charge on any atom is 0.155 e. The summed E-state index contributed by atoms with van der Waals surface area (Å²) in [6, 6.07) is 0. The van der Waals surface area contributed by atoms with Crippen LogP contribution in [0, 0.1) is 46.8 Å². The molecule has 1 nitrogen and oxygen atoms in total. The molecule has 5 rings (SSSR count). The zero-order valence-electron chi connectivity index (χ0n) is 15.3. The fourth-order valence-electron chi connectivity index (χ4n) is 8.15. The third-order valence-corrected chi connectivity index (χ3v) is 9.06. The number of ketones is 1. The van der Waals surface area contributed by atoms with Gasteiger partial charge >= 0.3 is 0 Å². The van der Waals surface area contributed by atoms with Gasteiger partial charge in [-0.05, 0) is 105 Å². The first kappa shape index (κ1) is 15.4. The van der Waals surface area contributed by atoms with E-state index in [4.69, 9.17) is 0 Å². The lowest BCUT2D eigenvalue weighted by Gasteiger charge is -2.55. The summed E-state index contributed by atoms with van der Waals surface area (Å²) in [7, 11) is 0. The molecule has 0 radical (unpaired) electrons. The number of hydrogen-bond acceptors (Lipinski definition) is 1. The first-order valence-corrected chi connectivity index (χ1v) is 10.5. The molecule has 0 aliphatic heterocycles. The van der Waals surface area contributed by atoms with Crippen molar-refractivity contribution in [1.29, 1.82) is 0 Å². The molecule has 0 saturated heterocycles. The highest BCUT2D eigenvalue weighted by atomic mass is 16.1. The number of carbonyl (C=O) groups is 1. The molecule has 0 unspecified atom stereocenters. The maximum absolute atomic E-state index is 11.8. The second kappa shape index (κ2) is 5.32. The van der Waals surface area contributed by atoms with Crippen molar-refractivity contribution >= 4 is 5.78 Å². The zero-order chi connectivity index (χ0) is 16.5. The molecule has 4 saturated carbocycles. The standard InChI is InChI=1S/C23H32O/c1-3-4-21-18-9-10-20(18)22-19-7-5-14-13-15(24)6-8-16(14)17(19)11-12-23(21,22)2/h3-4,13,16-22H,5-12H2,1-2H3/b4-3+/t16-,17+,18-,19+,20+,21+,22+,23+/m0/s1. The molecule has 5 aliphatic rings. The average Bonchev–Trinajstić information content (AvgIpc) is 2.71. The molecule has 24 heavy (non-hydrogen) atoms. The molecule has 8 atom stereocenters. The van der Waals surface area contributed by atoms with E-state index in [1.807, 2.05) is 6.08 Å². The molecule has 0 aromatic rings. The number of hydrogen-bond donors (Lipinski definition) is 0. The molecular formula is C23H32O. The van der Waals surface area contributed by atoms with Gasteiger partial charge < -0.3 is 0 Å². The predicted octanol–water partition coefficient (Wildman–Crippen LogP) is 5.57. The Morgan fingerprint density at radius 1 is 1.00 bits per heavy atom. The van der Waals surface area contributed by atoms with E-state index in [1.54, 1.807) is 0 Å². The minimum atomic E-state index is 0.397. The molecule has 0 aromatic heterocycles. The Hall–Kier alpha value is -0.850. The third-order valence-electron chi connectivity index (χ3n) is 9.06. The monoisotopic (exact) mass is 324 g/mol. The Labute approximate surface area is 147 Å². The van der Waals surface area contributed by atoms with Crippen LogP contribution in [-0.2, 0) is 4.79 Å². The van der Waals surface area contributed by atoms with Crippen LogP contribution >= 0.6 is 0 Å². The molecule has 0 heterocycles. The topological polar surface area (TPSA) is 17.1 Å². The van der Waals surface area contributed by atoms with Crippen molar-refractivity contribution in [1.82, 2.24) is 0 Å². The summed E-state index contributed by atoms with van der Waals surface area (Å²) in [6.45, 7) is 4.86. The highest BCUT2D eigenvalue weighted by Crippen LogP contribution is 2.71. The molecule has 5 aliphatic carbocycles. The van der Waals surface area contributed by atoms with Gasteiger partial charge in [-0.2, -0.15) is 0 Å². The number of fused-ring (bicyclic) bond motifs is 7. The van der Waals surface area contributed by atoms with Crippen molar-refractivity contribution in [3.63, 3.8) is 0 Å². The van der Waals surface area contributed by atoms with E-state index in [9.17, 15) is 4.79 Å². The second-order valence-corrected chi connectivity index (χ2v) is 9.72. The molecule has 0 aromatic carbocycles. The van der Waals surface area contributed by atoms with E-state index in [2.05, 4.69) is 26.0 Å². The van der Waals surface area contributed by atoms with Crippen molar-refractivity contribution in [3.8, 4) is 0 Å². The van der Waals surface area contributed by atoms with E-state index in [1.165, 1.54) is 44.1 Å². The SMILES string of the molecule is C/C=C/[C@@H]1[C@H]2CC[C@H]2[C@H]2[C@@H]3CCC4=CC(=O)CC[C@@H]4[C@H]3CC[C@@]21C. The van der Waals surface area contributed by atoms with Gasteiger partial charge in [-0.1, -0.05) is 24.6 Å². The van der Waals surface area contributed by atoms with Crippen molar-refractivity contribution in [2.24, 2.45) is 46.8 Å². The second-order valence-electron chi connectivity index (χ2n) is 9.72. The molecule has 0 N–H and O–H groups in total. The first-order valence-electron chi connectivity index (χ1n) is 10.5. The predicted molar refractivity (Wildman–Crippen MR) is 97.4 cm³/mol. The minimum Gasteiger partial charge on any atom is -0.295 e. The quantitative estimate of drug-likeness (QED) is 0.577. The van der Waals surface area contributed by atoms with E-state index in [0.717, 1.165) is 54.3 Å². The Morgan fingerprint density at radius 3 is 2.54 bits per heavy atom. The summed E-state index contributed by atoms with van der Waals surface area (Å²) in [5.74, 6) is 6.80. The van der Waals surface area contributed by atoms with Crippen LogP contribution in [0.25, 0.3) is 0 Å². The summed E-state index contributed by atoms with van der Waals surface area (Å²) in [5, 5.41) is 0. The minimum absolute atomic E-state index is 0.397. The summed E-state index contributed by atoms with van der Waals surface area (Å²) in [5.41, 5.74) is 2.09. The highest BCUT2D eigenvalue weighted by Gasteiger charge is 2.64. The van der Waals surface area contributed by atoms with Gasteiger partial charge in [0.15, 0.2) is 5.78 Å². The van der Waals surface area contributed by atoms with Crippen molar-refractivity contribution < 1.29 is 4.79 Å². The van der Waals surface area contributed by atoms with Gasteiger partial charge in [-0.3, -0.25) is 4.79 Å². The summed E-state index contributed by atoms with van der Waals surface area (Å²) in [6.07, 6.45) is 17.3. The lowest BCUT2D eigenvalue weighted by atomic mass is 9.50. The molecule has 0 amide bonds. The summed E-state index contributed by atoms with van der Waals surface area (Å²) in [4.78, 5) is 11.8. The Kier molecular flexibility index (Phi) is 3.42. The van der Waals surface area contributed by atoms with Crippen LogP contribution in [0.4, 0.5) is 0 Å². The van der Waals surface area contributed by atoms with E-state index >= 15 is 0 Å². The fourth-order valence-corrected chi connectivity index (χ4v) is 8.15. The largest absolute Gasteiger partial charge is 0.295 e.